The maximum atomic E-state index is 13.6. The van der Waals surface area contributed by atoms with Crippen molar-refractivity contribution >= 4 is 82.2 Å². The number of carboxylic acids is 1. The zero-order valence-corrected chi connectivity index (χ0v) is 65.5. The Bertz CT molecular complexity index is 3400. The van der Waals surface area contributed by atoms with E-state index in [9.17, 15) is 63.9 Å². The fourth-order valence-corrected chi connectivity index (χ4v) is 12.9. The molecule has 4 bridgehead atoms. The molecule has 106 heavy (non-hydrogen) atoms. The molecular weight excluding hydrogens is 1440 g/mol. The van der Waals surface area contributed by atoms with Crippen LogP contribution in [0.1, 0.15) is 144 Å². The lowest BCUT2D eigenvalue weighted by Gasteiger charge is -2.29. The zero-order chi connectivity index (χ0) is 78.3. The topological polar surface area (TPSA) is 454 Å². The van der Waals surface area contributed by atoms with Crippen LogP contribution in [0.15, 0.2) is 125 Å². The van der Waals surface area contributed by atoms with E-state index < -0.39 is 107 Å². The van der Waals surface area contributed by atoms with Crippen LogP contribution in [0.25, 0.3) is 0 Å². The fraction of sp³-hybridized carbons (Fsp3) is 0.553. The number of methoxy groups -OCH3 is 4. The van der Waals surface area contributed by atoms with Crippen molar-refractivity contribution in [3.63, 3.8) is 0 Å². The van der Waals surface area contributed by atoms with Gasteiger partial charge in [0.25, 0.3) is 11.8 Å². The second-order valence-corrected chi connectivity index (χ2v) is 27.8. The number of phenols is 2. The molecule has 2 aliphatic heterocycles. The molecule has 6 rings (SSSR count). The van der Waals surface area contributed by atoms with Gasteiger partial charge in [0.2, 0.25) is 16.8 Å². The monoisotopic (exact) mass is 1550 g/mol. The first kappa shape index (κ1) is 96.5. The van der Waals surface area contributed by atoms with Gasteiger partial charge in [-0.25, -0.2) is 9.59 Å². The highest BCUT2D eigenvalue weighted by atomic mass is 35.5. The van der Waals surface area contributed by atoms with Crippen molar-refractivity contribution in [1.82, 2.24) is 10.6 Å². The highest BCUT2D eigenvalue weighted by Gasteiger charge is 2.38. The van der Waals surface area contributed by atoms with E-state index in [0.717, 1.165) is 44.6 Å². The lowest BCUT2D eigenvalue weighted by molar-refractivity contribution is -0.562. The normalized spacial score (nSPS) is 28.7. The van der Waals surface area contributed by atoms with Crippen LogP contribution in [0, 0.1) is 23.7 Å². The number of amides is 4. The average Bonchev–Trinajstić information content (AvgIpc) is 1.16. The van der Waals surface area contributed by atoms with Gasteiger partial charge in [-0.3, -0.25) is 24.0 Å². The van der Waals surface area contributed by atoms with Crippen LogP contribution in [0.5, 0.6) is 11.5 Å². The second-order valence-electron chi connectivity index (χ2n) is 27.5. The summed E-state index contributed by atoms with van der Waals surface area (Å²) >= 11 is 5.26. The van der Waals surface area contributed by atoms with Gasteiger partial charge in [-0.1, -0.05) is 102 Å². The number of allylic oxidation sites excluding steroid dienone is 6. The van der Waals surface area contributed by atoms with Crippen LogP contribution in [0.2, 0.25) is 0 Å². The van der Waals surface area contributed by atoms with E-state index in [1.165, 1.54) is 34.5 Å². The number of phenolic OH excluding ortho intramolecular Hbond substituents is 2. The van der Waals surface area contributed by atoms with Crippen molar-refractivity contribution in [3.8, 4) is 11.5 Å². The van der Waals surface area contributed by atoms with Crippen LogP contribution in [-0.2, 0) is 63.6 Å². The number of carbonyl (C=O) groups is 8. The van der Waals surface area contributed by atoms with Crippen LogP contribution >= 0.6 is 24.0 Å². The van der Waals surface area contributed by atoms with Gasteiger partial charge in [-0.15, -0.1) is 19.0 Å². The third-order valence-electron chi connectivity index (χ3n) is 19.0. The predicted octanol–water partition coefficient (Wildman–Crippen LogP) is 3.00. The number of aliphatic hydroxyl groups is 2. The predicted molar refractivity (Wildman–Crippen MR) is 400 cm³/mol. The number of ether oxygens (including phenoxy) is 6. The first-order valence-electron chi connectivity index (χ1n) is 35.0. The number of aliphatic carboxylic acids is 1. The first-order valence-corrected chi connectivity index (χ1v) is 35.4. The number of Topliss-reactive ketones (excluding diaryl/α,β-unsaturated/α-hetero) is 1. The number of hydrogen-bond donors (Lipinski definition) is 12. The van der Waals surface area contributed by atoms with E-state index in [-0.39, 0.29) is 113 Å². The van der Waals surface area contributed by atoms with Crippen molar-refractivity contribution in [2.24, 2.45) is 40.9 Å². The summed E-state index contributed by atoms with van der Waals surface area (Å²) in [6.45, 7) is 22.4. The molecule has 3 aliphatic carbocycles. The Kier molecular flexibility index (Phi) is 43.1. The van der Waals surface area contributed by atoms with Gasteiger partial charge in [0, 0.05) is 101 Å². The standard InChI is InChI=1S/C32H47N3O8.C32H45N3O8.C6H10ClNO.C6H11NO2.2ClH/c2*1-8-12-34-28-23-13-18(2)14-27(42-7)29(37)21(5)15-20(4)26(43-32(33)40)16-22(41-6)11-9-10-19(3)31(39)35-24(30(23)38)17-25(28)36;7-5(9)6(8)3-1-2-4-6;7-6(5(8)9)3-1-2-4-6;;/h8-11,15,17-18,21-22,26-27,29,34,36-38H,1,12-14,16H2,2-7H3,(H2,33,40)(H,35,39);8-11,15,17-18,21-22,26-27,29,34,37H,1,12-14,16H2,2-7H3,(H2,33,40)(H,35,39);1-4,8H2;1-4,7H2,(H,8,9);2*1H/b2*11-9-,19-10+,20-15+;;;;/t2*18-,21+,22+,26-,27+,29-;;;;/m11..../s1. The largest absolute Gasteiger partial charge is 1.00 e. The Balaban J connectivity index is 0.000000839. The third-order valence-corrected chi connectivity index (χ3v) is 19.4. The highest BCUT2D eigenvalue weighted by molar-refractivity contribution is 6.65. The number of halogens is 3. The Labute approximate surface area is 640 Å². The molecule has 0 unspecified atom stereocenters. The summed E-state index contributed by atoms with van der Waals surface area (Å²) in [5.41, 5.74) is 21.7. The molecule has 2 heterocycles. The maximum absolute atomic E-state index is 13.6. The molecule has 27 nitrogen and oxygen atoms in total. The summed E-state index contributed by atoms with van der Waals surface area (Å²) < 4.78 is 33.2. The number of rotatable bonds is 14. The molecule has 4 amide bonds. The number of nitrogens with one attached hydrogen (secondary N) is 3. The molecule has 18 N–H and O–H groups in total. The third kappa shape index (κ3) is 30.3. The molecule has 0 radical (unpaired) electrons. The summed E-state index contributed by atoms with van der Waals surface area (Å²) in [7, 11) is 6.02. The molecule has 594 valence electrons. The molecular formula is C76H115Cl3N8O19. The smallest absolute Gasteiger partial charge is 0.405 e. The van der Waals surface area contributed by atoms with E-state index in [2.05, 4.69) is 34.8 Å². The number of carboxylic acid groups (broad SMARTS) is 1. The molecule has 1 aromatic carbocycles. The molecule has 12 atom stereocenters. The SMILES string of the molecule is C=CCNC1=C2C[C@@H](C)C[C@H](OC)[C@H](O)[C@@H](C)/C=C(\C)[C@H](OC(N)=O)C[C@@H](OC)/C=C\C=C(/C)C(=O)NC(=CC1=O)C2=O.C=CC[NH2+]c1c(O)cc2c(O)c1C[C@@H](C)C[C@H](OC)[C@H](O)[C@@H](C)/C=C(\C)[C@H](OC(N)=O)C[C@@H](OC)/C=C\C=C(/C)C(=O)N2.Cl.NC1(C(=O)Cl)CCCC1.[Cl-].[NH3+]C1(C(=O)[O-])CCCC1. The molecule has 0 saturated heterocycles. The number of aromatic hydroxyl groups is 2. The van der Waals surface area contributed by atoms with Crippen molar-refractivity contribution in [2.75, 3.05) is 46.8 Å². The number of fused-ring (bicyclic) bond motifs is 4. The van der Waals surface area contributed by atoms with E-state index >= 15 is 0 Å². The number of nitrogens with two attached hydrogens (primary N) is 4. The molecule has 2 fully saturated rings. The van der Waals surface area contributed by atoms with Crippen molar-refractivity contribution in [3.05, 3.63) is 131 Å². The van der Waals surface area contributed by atoms with Gasteiger partial charge < -0.3 is 115 Å². The second kappa shape index (κ2) is 47.3. The van der Waals surface area contributed by atoms with Gasteiger partial charge in [0.15, 0.2) is 11.4 Å². The van der Waals surface area contributed by atoms with Gasteiger partial charge in [0.1, 0.15) is 29.5 Å². The number of hydrogen-bond acceptors (Lipinski definition) is 21. The van der Waals surface area contributed by atoms with E-state index in [4.69, 9.17) is 57.2 Å². The summed E-state index contributed by atoms with van der Waals surface area (Å²) in [5, 5.41) is 64.7. The molecule has 2 saturated carbocycles. The van der Waals surface area contributed by atoms with Crippen molar-refractivity contribution < 1.29 is 116 Å². The van der Waals surface area contributed by atoms with Gasteiger partial charge >= 0.3 is 12.2 Å². The number of primary amides is 2. The molecule has 1 aromatic rings. The van der Waals surface area contributed by atoms with Crippen LogP contribution in [0.4, 0.5) is 21.0 Å². The Morgan fingerprint density at radius 2 is 1.18 bits per heavy atom. The highest BCUT2D eigenvalue weighted by Crippen LogP contribution is 2.41. The Morgan fingerprint density at radius 1 is 0.726 bits per heavy atom. The Hall–Kier alpha value is -7.51. The number of anilines is 1. The quantitative estimate of drug-likeness (QED) is 0.0318. The lowest BCUT2D eigenvalue weighted by Crippen LogP contribution is -3.00. The number of carbonyl (C=O) groups excluding carboxylic acids is 8. The van der Waals surface area contributed by atoms with Crippen LogP contribution in [0.3, 0.4) is 0 Å². The van der Waals surface area contributed by atoms with Crippen molar-refractivity contribution in [2.45, 2.75) is 205 Å². The van der Waals surface area contributed by atoms with Crippen LogP contribution < -0.4 is 61.7 Å². The Morgan fingerprint density at radius 3 is 1.58 bits per heavy atom. The molecule has 30 heteroatoms. The summed E-state index contributed by atoms with van der Waals surface area (Å²) in [5.74, 6) is -4.26. The summed E-state index contributed by atoms with van der Waals surface area (Å²) in [6, 6.07) is 1.32. The van der Waals surface area contributed by atoms with Crippen LogP contribution in [-0.4, -0.2) is 169 Å². The fourth-order valence-electron chi connectivity index (χ4n) is 12.7. The van der Waals surface area contributed by atoms with Crippen molar-refractivity contribution in [1.29, 1.82) is 0 Å². The number of ketones is 2. The van der Waals surface area contributed by atoms with E-state index in [0.29, 0.717) is 66.6 Å². The summed E-state index contributed by atoms with van der Waals surface area (Å²) in [4.78, 5) is 97.0. The maximum Gasteiger partial charge on any atom is 0.405 e. The molecule has 0 spiro atoms. The zero-order valence-electron chi connectivity index (χ0n) is 63.2. The molecule has 0 aromatic heterocycles. The van der Waals surface area contributed by atoms with E-state index in [1.807, 2.05) is 33.8 Å². The number of aliphatic hydroxyl groups excluding tert-OH is 2. The lowest BCUT2D eigenvalue weighted by atomic mass is 9.85. The number of benzene rings is 1. The van der Waals surface area contributed by atoms with Gasteiger partial charge in [-0.2, -0.15) is 0 Å². The first-order chi connectivity index (χ1) is 48.9. The average molecular weight is 1550 g/mol. The van der Waals surface area contributed by atoms with E-state index in [1.54, 1.807) is 87.7 Å². The minimum atomic E-state index is -0.986. The minimum absolute atomic E-state index is 0. The summed E-state index contributed by atoms with van der Waals surface area (Å²) in [6.07, 6.45) is 19.1. The van der Waals surface area contributed by atoms with Gasteiger partial charge in [-0.05, 0) is 120 Å². The van der Waals surface area contributed by atoms with Gasteiger partial charge in [0.05, 0.1) is 71.4 Å². The molecule has 5 aliphatic rings. The number of quaternary nitrogens is 2. The minimum Gasteiger partial charge on any atom is -1.00 e.